The number of aromatic nitrogens is 2. The highest BCUT2D eigenvalue weighted by Crippen LogP contribution is 2.19. The third kappa shape index (κ3) is 3.42. The minimum Gasteiger partial charge on any atom is -0.375 e. The minimum atomic E-state index is 0.231. The van der Waals surface area contributed by atoms with Crippen molar-refractivity contribution in [1.29, 1.82) is 0 Å². The average molecular weight is 264 g/mol. The van der Waals surface area contributed by atoms with Crippen LogP contribution in [0.25, 0.3) is 0 Å². The topological polar surface area (TPSA) is 50.3 Å². The third-order valence-corrected chi connectivity index (χ3v) is 3.52. The molecule has 1 fully saturated rings. The van der Waals surface area contributed by atoms with E-state index < -0.39 is 0 Å². The Labute approximate surface area is 115 Å². The molecule has 5 heteroatoms. The molecule has 0 radical (unpaired) electrons. The first-order valence-corrected chi connectivity index (χ1v) is 7.03. The number of rotatable bonds is 5. The largest absolute Gasteiger partial charge is 0.375 e. The normalized spacial score (nSPS) is 23.8. The van der Waals surface area contributed by atoms with Crippen LogP contribution < -0.4 is 5.32 Å². The van der Waals surface area contributed by atoms with Crippen LogP contribution in [0, 0.1) is 6.92 Å². The van der Waals surface area contributed by atoms with Crippen molar-refractivity contribution in [2.75, 3.05) is 32.1 Å². The summed E-state index contributed by atoms with van der Waals surface area (Å²) in [6.45, 7) is 8.79. The fourth-order valence-electron chi connectivity index (χ4n) is 2.54. The summed E-state index contributed by atoms with van der Waals surface area (Å²) in [6.07, 6.45) is 3.08. The lowest BCUT2D eigenvalue weighted by atomic mass is 10.2. The average Bonchev–Trinajstić information content (AvgIpc) is 2.70. The zero-order chi connectivity index (χ0) is 13.8. The zero-order valence-electron chi connectivity index (χ0n) is 12.3. The van der Waals surface area contributed by atoms with Crippen molar-refractivity contribution in [3.63, 3.8) is 0 Å². The number of ether oxygens (including phenoxy) is 1. The van der Waals surface area contributed by atoms with Gasteiger partial charge in [0, 0.05) is 31.5 Å². The summed E-state index contributed by atoms with van der Waals surface area (Å²) >= 11 is 0. The van der Waals surface area contributed by atoms with E-state index in [0.717, 1.165) is 43.3 Å². The molecule has 2 rings (SSSR count). The maximum Gasteiger partial charge on any atom is 0.133 e. The van der Waals surface area contributed by atoms with Gasteiger partial charge in [0.2, 0.25) is 0 Å². The van der Waals surface area contributed by atoms with Crippen LogP contribution in [0.5, 0.6) is 0 Å². The van der Waals surface area contributed by atoms with Gasteiger partial charge < -0.3 is 15.0 Å². The lowest BCUT2D eigenvalue weighted by Crippen LogP contribution is -2.35. The molecule has 0 unspecified atom stereocenters. The first-order chi connectivity index (χ1) is 9.13. The van der Waals surface area contributed by atoms with Crippen LogP contribution in [-0.4, -0.2) is 53.8 Å². The van der Waals surface area contributed by atoms with Crippen molar-refractivity contribution in [2.24, 2.45) is 0 Å². The lowest BCUT2D eigenvalue weighted by molar-refractivity contribution is 0.0652. The molecule has 0 bridgehead atoms. The molecule has 1 aliphatic rings. The van der Waals surface area contributed by atoms with Crippen LogP contribution in [0.2, 0.25) is 0 Å². The molecule has 0 spiro atoms. The Hall–Kier alpha value is -1.20. The van der Waals surface area contributed by atoms with Crippen molar-refractivity contribution in [3.05, 3.63) is 17.6 Å². The smallest absolute Gasteiger partial charge is 0.133 e. The second-order valence-electron chi connectivity index (χ2n) is 5.11. The summed E-state index contributed by atoms with van der Waals surface area (Å²) in [5, 5.41) is 3.55. The predicted octanol–water partition coefficient (Wildman–Crippen LogP) is 1.48. The minimum absolute atomic E-state index is 0.231. The molecular formula is C14H24N4O. The third-order valence-electron chi connectivity index (χ3n) is 3.52. The summed E-state index contributed by atoms with van der Waals surface area (Å²) in [5.74, 6) is 1.76. The van der Waals surface area contributed by atoms with Crippen LogP contribution in [0.1, 0.15) is 25.2 Å². The van der Waals surface area contributed by atoms with Crippen molar-refractivity contribution in [1.82, 2.24) is 14.9 Å². The van der Waals surface area contributed by atoms with E-state index in [4.69, 9.17) is 4.74 Å². The van der Waals surface area contributed by atoms with Gasteiger partial charge in [-0.2, -0.15) is 0 Å². The quantitative estimate of drug-likeness (QED) is 0.873. The van der Waals surface area contributed by atoms with Gasteiger partial charge in [-0.25, -0.2) is 9.97 Å². The number of hydrogen-bond donors (Lipinski definition) is 1. The molecule has 1 aromatic heterocycles. The Balaban J connectivity index is 2.13. The highest BCUT2D eigenvalue weighted by Gasteiger charge is 2.31. The van der Waals surface area contributed by atoms with Gasteiger partial charge in [0.15, 0.2) is 0 Å². The van der Waals surface area contributed by atoms with E-state index in [2.05, 4.69) is 34.2 Å². The molecular weight excluding hydrogens is 240 g/mol. The summed E-state index contributed by atoms with van der Waals surface area (Å²) in [7, 11) is 2.12. The standard InChI is InChI=1S/C14H24N4O/c1-5-11-7-15-10(3)16-14(11)17-12-8-18(4)9-13(12)19-6-2/h7,12-13H,5-6,8-9H2,1-4H3,(H,15,16,17)/t12-,13-/m0/s1. The molecule has 2 atom stereocenters. The number of hydrogen-bond acceptors (Lipinski definition) is 5. The predicted molar refractivity (Wildman–Crippen MR) is 76.5 cm³/mol. The molecule has 0 aliphatic carbocycles. The van der Waals surface area contributed by atoms with Gasteiger partial charge in [0.05, 0.1) is 12.1 Å². The monoisotopic (exact) mass is 264 g/mol. The molecule has 1 aliphatic heterocycles. The van der Waals surface area contributed by atoms with Crippen LogP contribution in [-0.2, 0) is 11.2 Å². The van der Waals surface area contributed by atoms with Gasteiger partial charge in [0.1, 0.15) is 11.6 Å². The first kappa shape index (κ1) is 14.2. The Morgan fingerprint density at radius 2 is 2.21 bits per heavy atom. The Morgan fingerprint density at radius 1 is 1.42 bits per heavy atom. The molecule has 1 N–H and O–H groups in total. The highest BCUT2D eigenvalue weighted by molar-refractivity contribution is 5.44. The Morgan fingerprint density at radius 3 is 2.89 bits per heavy atom. The second-order valence-corrected chi connectivity index (χ2v) is 5.11. The van der Waals surface area contributed by atoms with E-state index in [1.807, 2.05) is 20.0 Å². The van der Waals surface area contributed by atoms with Gasteiger partial charge >= 0.3 is 0 Å². The van der Waals surface area contributed by atoms with E-state index in [1.165, 1.54) is 0 Å². The zero-order valence-corrected chi connectivity index (χ0v) is 12.3. The van der Waals surface area contributed by atoms with Gasteiger partial charge in [-0.05, 0) is 27.3 Å². The fraction of sp³-hybridized carbons (Fsp3) is 0.714. The van der Waals surface area contributed by atoms with Crippen LogP contribution in [0.4, 0.5) is 5.82 Å². The molecule has 1 saturated heterocycles. The van der Waals surface area contributed by atoms with Crippen molar-refractivity contribution >= 4 is 5.82 Å². The molecule has 19 heavy (non-hydrogen) atoms. The summed E-state index contributed by atoms with van der Waals surface area (Å²) < 4.78 is 5.81. The maximum atomic E-state index is 5.81. The second kappa shape index (κ2) is 6.30. The van der Waals surface area contributed by atoms with E-state index in [1.54, 1.807) is 0 Å². The summed E-state index contributed by atoms with van der Waals surface area (Å²) in [6, 6.07) is 0.296. The first-order valence-electron chi connectivity index (χ1n) is 7.03. The van der Waals surface area contributed by atoms with Crippen LogP contribution in [0.15, 0.2) is 6.20 Å². The maximum absolute atomic E-state index is 5.81. The summed E-state index contributed by atoms with van der Waals surface area (Å²) in [5.41, 5.74) is 1.16. The van der Waals surface area contributed by atoms with Crippen molar-refractivity contribution < 1.29 is 4.74 Å². The Bertz CT molecular complexity index is 424. The molecule has 0 amide bonds. The number of aryl methyl sites for hydroxylation is 2. The molecule has 0 aromatic carbocycles. The van der Waals surface area contributed by atoms with E-state index in [0.29, 0.717) is 6.04 Å². The van der Waals surface area contributed by atoms with Gasteiger partial charge in [0.25, 0.3) is 0 Å². The van der Waals surface area contributed by atoms with Crippen LogP contribution >= 0.6 is 0 Å². The SMILES string of the molecule is CCO[C@H]1CN(C)C[C@@H]1Nc1nc(C)ncc1CC. The lowest BCUT2D eigenvalue weighted by Gasteiger charge is -2.21. The van der Waals surface area contributed by atoms with E-state index in [9.17, 15) is 0 Å². The van der Waals surface area contributed by atoms with E-state index in [-0.39, 0.29) is 6.10 Å². The van der Waals surface area contributed by atoms with Gasteiger partial charge in [-0.3, -0.25) is 0 Å². The number of likely N-dealkylation sites (N-methyl/N-ethyl adjacent to an activating group) is 1. The van der Waals surface area contributed by atoms with Crippen molar-refractivity contribution in [2.45, 2.75) is 39.3 Å². The number of likely N-dealkylation sites (tertiary alicyclic amines) is 1. The van der Waals surface area contributed by atoms with Crippen molar-refractivity contribution in [3.8, 4) is 0 Å². The highest BCUT2D eigenvalue weighted by atomic mass is 16.5. The molecule has 2 heterocycles. The van der Waals surface area contributed by atoms with Gasteiger partial charge in [-0.15, -0.1) is 0 Å². The Kier molecular flexibility index (Phi) is 4.71. The summed E-state index contributed by atoms with van der Waals surface area (Å²) in [4.78, 5) is 11.1. The number of nitrogens with one attached hydrogen (secondary N) is 1. The molecule has 1 aromatic rings. The fourth-order valence-corrected chi connectivity index (χ4v) is 2.54. The number of nitrogens with zero attached hydrogens (tertiary/aromatic N) is 3. The molecule has 106 valence electrons. The molecule has 5 nitrogen and oxygen atoms in total. The van der Waals surface area contributed by atoms with Gasteiger partial charge in [-0.1, -0.05) is 6.92 Å². The van der Waals surface area contributed by atoms with Crippen LogP contribution in [0.3, 0.4) is 0 Å². The molecule has 0 saturated carbocycles. The van der Waals surface area contributed by atoms with E-state index >= 15 is 0 Å². The number of anilines is 1.